The van der Waals surface area contributed by atoms with Crippen molar-refractivity contribution >= 4 is 11.9 Å². The number of hydrogen-bond donors (Lipinski definition) is 0. The maximum absolute atomic E-state index is 12.3. The first-order chi connectivity index (χ1) is 13.2. The third-order valence-corrected chi connectivity index (χ3v) is 4.45. The molecule has 2 rings (SSSR count). The molecular weight excluding hydrogens is 340 g/mol. The first-order valence-corrected chi connectivity index (χ1v) is 9.22. The molecular formula is C23H28O4. The average Bonchev–Trinajstić information content (AvgIpc) is 2.73. The van der Waals surface area contributed by atoms with Crippen LogP contribution in [0.1, 0.15) is 35.7 Å². The van der Waals surface area contributed by atoms with Crippen molar-refractivity contribution in [3.05, 3.63) is 71.8 Å². The normalized spacial score (nSPS) is 13.4. The number of ether oxygens (including phenoxy) is 3. The van der Waals surface area contributed by atoms with E-state index >= 15 is 0 Å². The molecule has 27 heavy (non-hydrogen) atoms. The summed E-state index contributed by atoms with van der Waals surface area (Å²) in [5.74, 6) is 0.678. The van der Waals surface area contributed by atoms with Gasteiger partial charge in [0.1, 0.15) is 12.4 Å². The summed E-state index contributed by atoms with van der Waals surface area (Å²) >= 11 is 0. The average molecular weight is 368 g/mol. The minimum atomic E-state index is -0.0370. The van der Waals surface area contributed by atoms with E-state index in [2.05, 4.69) is 6.92 Å². The summed E-state index contributed by atoms with van der Waals surface area (Å²) in [5.41, 5.74) is 1.63. The molecule has 144 valence electrons. The number of allylic oxidation sites excluding steroid dienone is 1. The predicted molar refractivity (Wildman–Crippen MR) is 108 cm³/mol. The van der Waals surface area contributed by atoms with E-state index in [0.717, 1.165) is 18.4 Å². The Hall–Kier alpha value is -2.43. The highest BCUT2D eigenvalue weighted by Gasteiger charge is 2.15. The van der Waals surface area contributed by atoms with Crippen molar-refractivity contribution in [2.75, 3.05) is 20.8 Å². The summed E-state index contributed by atoms with van der Waals surface area (Å²) in [6, 6.07) is 16.9. The van der Waals surface area contributed by atoms with Crippen LogP contribution in [0, 0.1) is 0 Å². The lowest BCUT2D eigenvalue weighted by atomic mass is 10.1. The minimum Gasteiger partial charge on any atom is -0.491 e. The van der Waals surface area contributed by atoms with Crippen molar-refractivity contribution in [2.45, 2.75) is 32.0 Å². The molecule has 4 nitrogen and oxygen atoms in total. The molecule has 0 saturated heterocycles. The van der Waals surface area contributed by atoms with Gasteiger partial charge in [0.15, 0.2) is 5.78 Å². The second kappa shape index (κ2) is 11.3. The number of hydrogen-bond acceptors (Lipinski definition) is 4. The van der Waals surface area contributed by atoms with Crippen molar-refractivity contribution in [1.82, 2.24) is 0 Å². The Balaban J connectivity index is 1.88. The Morgan fingerprint density at radius 1 is 0.963 bits per heavy atom. The summed E-state index contributed by atoms with van der Waals surface area (Å²) in [4.78, 5) is 12.3. The SMILES string of the molecule is CCC(CC(COc1ccc(C(=O)C=Cc2ccccc2)cc1)OC)OC. The summed E-state index contributed by atoms with van der Waals surface area (Å²) in [5, 5.41) is 0. The number of rotatable bonds is 11. The van der Waals surface area contributed by atoms with Crippen LogP contribution < -0.4 is 4.74 Å². The van der Waals surface area contributed by atoms with Crippen LogP contribution in [0.4, 0.5) is 0 Å². The molecule has 0 amide bonds. The van der Waals surface area contributed by atoms with Crippen molar-refractivity contribution in [1.29, 1.82) is 0 Å². The molecule has 0 aliphatic carbocycles. The first-order valence-electron chi connectivity index (χ1n) is 9.22. The number of benzene rings is 2. The Morgan fingerprint density at radius 2 is 1.63 bits per heavy atom. The monoisotopic (exact) mass is 368 g/mol. The molecule has 0 aliphatic rings. The van der Waals surface area contributed by atoms with Crippen LogP contribution in [0.2, 0.25) is 0 Å². The summed E-state index contributed by atoms with van der Waals surface area (Å²) < 4.78 is 16.7. The quantitative estimate of drug-likeness (QED) is 0.422. The lowest BCUT2D eigenvalue weighted by molar-refractivity contribution is -0.0000382. The fourth-order valence-electron chi connectivity index (χ4n) is 2.69. The van der Waals surface area contributed by atoms with Gasteiger partial charge in [-0.05, 0) is 42.3 Å². The smallest absolute Gasteiger partial charge is 0.185 e. The number of ketones is 1. The fourth-order valence-corrected chi connectivity index (χ4v) is 2.69. The Labute approximate surface area is 161 Å². The molecule has 0 fully saturated rings. The van der Waals surface area contributed by atoms with Crippen molar-refractivity contribution in [2.24, 2.45) is 0 Å². The van der Waals surface area contributed by atoms with Gasteiger partial charge >= 0.3 is 0 Å². The van der Waals surface area contributed by atoms with E-state index in [0.29, 0.717) is 17.9 Å². The van der Waals surface area contributed by atoms with Crippen LogP contribution in [-0.2, 0) is 9.47 Å². The highest BCUT2D eigenvalue weighted by Crippen LogP contribution is 2.16. The summed E-state index contributed by atoms with van der Waals surface area (Å²) in [6.07, 6.45) is 5.24. The van der Waals surface area contributed by atoms with Gasteiger partial charge in [0.2, 0.25) is 0 Å². The molecule has 0 spiro atoms. The molecule has 2 atom stereocenters. The van der Waals surface area contributed by atoms with Gasteiger partial charge in [0, 0.05) is 26.2 Å². The van der Waals surface area contributed by atoms with Crippen LogP contribution in [0.15, 0.2) is 60.7 Å². The molecule has 2 unspecified atom stereocenters. The van der Waals surface area contributed by atoms with E-state index in [4.69, 9.17) is 14.2 Å². The van der Waals surface area contributed by atoms with Crippen LogP contribution in [-0.4, -0.2) is 38.8 Å². The molecule has 0 bridgehead atoms. The Kier molecular flexibility index (Phi) is 8.75. The molecule has 0 saturated carbocycles. The maximum atomic E-state index is 12.3. The van der Waals surface area contributed by atoms with Crippen molar-refractivity contribution in [3.8, 4) is 5.75 Å². The van der Waals surface area contributed by atoms with Crippen molar-refractivity contribution in [3.63, 3.8) is 0 Å². The largest absolute Gasteiger partial charge is 0.491 e. The summed E-state index contributed by atoms with van der Waals surface area (Å²) in [6.45, 7) is 2.53. The zero-order valence-corrected chi connectivity index (χ0v) is 16.3. The lowest BCUT2D eigenvalue weighted by Gasteiger charge is -2.21. The van der Waals surface area contributed by atoms with E-state index in [1.54, 1.807) is 32.4 Å². The van der Waals surface area contributed by atoms with Crippen LogP contribution in [0.25, 0.3) is 6.08 Å². The maximum Gasteiger partial charge on any atom is 0.185 e. The van der Waals surface area contributed by atoms with Crippen LogP contribution >= 0.6 is 0 Å². The zero-order valence-electron chi connectivity index (χ0n) is 16.3. The first kappa shape index (κ1) is 20.9. The van der Waals surface area contributed by atoms with Crippen molar-refractivity contribution < 1.29 is 19.0 Å². The van der Waals surface area contributed by atoms with Gasteiger partial charge in [-0.2, -0.15) is 0 Å². The number of methoxy groups -OCH3 is 2. The topological polar surface area (TPSA) is 44.8 Å². The van der Waals surface area contributed by atoms with Crippen LogP contribution in [0.3, 0.4) is 0 Å². The van der Waals surface area contributed by atoms with Gasteiger partial charge in [0.05, 0.1) is 12.2 Å². The third-order valence-electron chi connectivity index (χ3n) is 4.45. The standard InChI is InChI=1S/C23H28O4/c1-4-20(25-2)16-22(26-3)17-27-21-13-11-19(12-14-21)23(24)15-10-18-8-6-5-7-9-18/h5-15,20,22H,4,16-17H2,1-3H3. The van der Waals surface area contributed by atoms with Gasteiger partial charge in [-0.3, -0.25) is 4.79 Å². The Bertz CT molecular complexity index is 703. The van der Waals surface area contributed by atoms with Gasteiger partial charge < -0.3 is 14.2 Å². The third kappa shape index (κ3) is 7.00. The van der Waals surface area contributed by atoms with E-state index < -0.39 is 0 Å². The van der Waals surface area contributed by atoms with E-state index in [1.165, 1.54) is 0 Å². The molecule has 0 radical (unpaired) electrons. The zero-order chi connectivity index (χ0) is 19.5. The van der Waals surface area contributed by atoms with Gasteiger partial charge in [-0.25, -0.2) is 0 Å². The number of carbonyl (C=O) groups is 1. The second-order valence-corrected chi connectivity index (χ2v) is 6.30. The fraction of sp³-hybridized carbons (Fsp3) is 0.348. The van der Waals surface area contributed by atoms with E-state index in [-0.39, 0.29) is 18.0 Å². The number of carbonyl (C=O) groups excluding carboxylic acids is 1. The highest BCUT2D eigenvalue weighted by molar-refractivity contribution is 6.06. The lowest BCUT2D eigenvalue weighted by Crippen LogP contribution is -2.26. The van der Waals surface area contributed by atoms with Crippen LogP contribution in [0.5, 0.6) is 5.75 Å². The molecule has 0 heterocycles. The molecule has 2 aromatic carbocycles. The van der Waals surface area contributed by atoms with Gasteiger partial charge in [-0.15, -0.1) is 0 Å². The Morgan fingerprint density at radius 3 is 2.22 bits per heavy atom. The molecule has 0 N–H and O–H groups in total. The van der Waals surface area contributed by atoms with Gasteiger partial charge in [-0.1, -0.05) is 43.3 Å². The molecule has 0 aromatic heterocycles. The second-order valence-electron chi connectivity index (χ2n) is 6.30. The highest BCUT2D eigenvalue weighted by atomic mass is 16.5. The summed E-state index contributed by atoms with van der Waals surface area (Å²) in [7, 11) is 3.39. The molecule has 2 aromatic rings. The van der Waals surface area contributed by atoms with E-state index in [9.17, 15) is 4.79 Å². The van der Waals surface area contributed by atoms with Gasteiger partial charge in [0.25, 0.3) is 0 Å². The molecule has 4 heteroatoms. The van der Waals surface area contributed by atoms with E-state index in [1.807, 2.05) is 48.5 Å². The minimum absolute atomic E-state index is 0.0361. The predicted octanol–water partition coefficient (Wildman–Crippen LogP) is 4.79. The molecule has 0 aliphatic heterocycles.